The number of carboxylic acid groups (broad SMARTS) is 1. The molecule has 0 aliphatic heterocycles. The fourth-order valence-electron chi connectivity index (χ4n) is 6.43. The van der Waals surface area contributed by atoms with E-state index in [2.05, 4.69) is 43.5 Å². The molecule has 2 N–H and O–H groups in total. The van der Waals surface area contributed by atoms with E-state index in [1.165, 1.54) is 116 Å². The largest absolute Gasteiger partial charge is 0.480 e. The predicted molar refractivity (Wildman–Crippen MR) is 213 cm³/mol. The fourth-order valence-corrected chi connectivity index (χ4v) is 6.43. The van der Waals surface area contributed by atoms with Crippen LogP contribution in [0.4, 0.5) is 0 Å². The van der Waals surface area contributed by atoms with Crippen molar-refractivity contribution in [2.24, 2.45) is 0 Å². The second-order valence-corrected chi connectivity index (χ2v) is 14.6. The van der Waals surface area contributed by atoms with Crippen molar-refractivity contribution < 1.29 is 24.2 Å². The van der Waals surface area contributed by atoms with Gasteiger partial charge in [-0.15, -0.1) is 0 Å². The Morgan fingerprint density at radius 1 is 0.520 bits per heavy atom. The maximum absolute atomic E-state index is 12.7. The highest BCUT2D eigenvalue weighted by Gasteiger charge is 2.14. The number of nitrogens with one attached hydrogen (secondary N) is 1. The van der Waals surface area contributed by atoms with Crippen molar-refractivity contribution >= 4 is 17.8 Å². The molecular formula is C44H81NO5. The van der Waals surface area contributed by atoms with Gasteiger partial charge in [-0.3, -0.25) is 14.4 Å². The minimum absolute atomic E-state index is 0.00826. The maximum atomic E-state index is 12.7. The van der Waals surface area contributed by atoms with Gasteiger partial charge < -0.3 is 15.2 Å². The molecule has 6 heteroatoms. The molecule has 0 bridgehead atoms. The van der Waals surface area contributed by atoms with Crippen LogP contribution in [-0.2, 0) is 19.1 Å². The molecule has 0 aromatic rings. The smallest absolute Gasteiger partial charge is 0.322 e. The lowest BCUT2D eigenvalue weighted by molar-refractivity contribution is -0.150. The first-order valence-electron chi connectivity index (χ1n) is 21.5. The van der Waals surface area contributed by atoms with Gasteiger partial charge in [0.1, 0.15) is 12.6 Å². The highest BCUT2D eigenvalue weighted by atomic mass is 16.5. The van der Waals surface area contributed by atoms with Gasteiger partial charge in [-0.1, -0.05) is 167 Å². The molecule has 0 saturated heterocycles. The van der Waals surface area contributed by atoms with Gasteiger partial charge in [-0.25, -0.2) is 0 Å². The van der Waals surface area contributed by atoms with Crippen LogP contribution >= 0.6 is 0 Å². The molecule has 50 heavy (non-hydrogen) atoms. The Morgan fingerprint density at radius 2 is 0.920 bits per heavy atom. The van der Waals surface area contributed by atoms with Gasteiger partial charge in [-0.05, 0) is 70.6 Å². The summed E-state index contributed by atoms with van der Waals surface area (Å²) in [4.78, 5) is 35.0. The van der Waals surface area contributed by atoms with Crippen LogP contribution in [0.3, 0.4) is 0 Å². The number of aliphatic carboxylic acids is 1. The number of hydrogen-bond acceptors (Lipinski definition) is 4. The van der Waals surface area contributed by atoms with Crippen molar-refractivity contribution in [3.05, 3.63) is 24.3 Å². The van der Waals surface area contributed by atoms with Crippen molar-refractivity contribution in [1.82, 2.24) is 5.32 Å². The highest BCUT2D eigenvalue weighted by Crippen LogP contribution is 2.18. The molecule has 6 nitrogen and oxygen atoms in total. The molecule has 0 fully saturated rings. The average Bonchev–Trinajstić information content (AvgIpc) is 3.10. The molecule has 0 rings (SSSR count). The third-order valence-electron chi connectivity index (χ3n) is 9.63. The van der Waals surface area contributed by atoms with Crippen LogP contribution in [0.1, 0.15) is 226 Å². The molecule has 0 radical (unpaired) electrons. The summed E-state index contributed by atoms with van der Waals surface area (Å²) in [5, 5.41) is 11.1. The lowest BCUT2D eigenvalue weighted by Gasteiger charge is -2.18. The monoisotopic (exact) mass is 704 g/mol. The normalized spacial score (nSPS) is 12.2. The summed E-state index contributed by atoms with van der Waals surface area (Å²) >= 11 is 0. The number of carbonyl (C=O) groups excluding carboxylic acids is 2. The number of esters is 1. The van der Waals surface area contributed by atoms with Crippen LogP contribution < -0.4 is 5.32 Å². The van der Waals surface area contributed by atoms with E-state index in [9.17, 15) is 14.4 Å². The van der Waals surface area contributed by atoms with E-state index in [0.29, 0.717) is 12.8 Å². The van der Waals surface area contributed by atoms with Crippen LogP contribution in [0.5, 0.6) is 0 Å². The summed E-state index contributed by atoms with van der Waals surface area (Å²) in [6.07, 6.45) is 47.2. The van der Waals surface area contributed by atoms with Gasteiger partial charge in [-0.2, -0.15) is 0 Å². The number of unbranched alkanes of at least 4 members (excludes halogenated alkanes) is 24. The molecule has 1 unspecified atom stereocenters. The molecule has 0 aliphatic carbocycles. The zero-order chi connectivity index (χ0) is 36.6. The first-order valence-corrected chi connectivity index (χ1v) is 21.5. The summed E-state index contributed by atoms with van der Waals surface area (Å²) in [5.74, 6) is -1.24. The number of hydrogen-bond donors (Lipinski definition) is 2. The number of amides is 1. The second kappa shape index (κ2) is 39.7. The minimum Gasteiger partial charge on any atom is -0.480 e. The van der Waals surface area contributed by atoms with E-state index in [4.69, 9.17) is 9.84 Å². The predicted octanol–water partition coefficient (Wildman–Crippen LogP) is 13.1. The third kappa shape index (κ3) is 38.7. The van der Waals surface area contributed by atoms with Crippen LogP contribution in [0.15, 0.2) is 24.3 Å². The number of ether oxygens (including phenoxy) is 1. The molecule has 292 valence electrons. The average molecular weight is 704 g/mol. The van der Waals surface area contributed by atoms with E-state index in [1.807, 2.05) is 0 Å². The van der Waals surface area contributed by atoms with E-state index in [0.717, 1.165) is 83.5 Å². The van der Waals surface area contributed by atoms with Gasteiger partial charge in [0, 0.05) is 12.8 Å². The van der Waals surface area contributed by atoms with Crippen molar-refractivity contribution in [3.8, 4) is 0 Å². The first-order chi connectivity index (χ1) is 24.5. The van der Waals surface area contributed by atoms with Gasteiger partial charge >= 0.3 is 11.9 Å². The minimum atomic E-state index is -1.02. The molecule has 0 saturated carbocycles. The molecule has 0 aliphatic rings. The molecule has 0 aromatic carbocycles. The Hall–Kier alpha value is -2.11. The van der Waals surface area contributed by atoms with Crippen molar-refractivity contribution in [2.45, 2.75) is 232 Å². The molecule has 0 heterocycles. The lowest BCUT2D eigenvalue weighted by atomic mass is 10.0. The van der Waals surface area contributed by atoms with Crippen LogP contribution in [0, 0.1) is 0 Å². The van der Waals surface area contributed by atoms with Crippen LogP contribution in [0.2, 0.25) is 0 Å². The quantitative estimate of drug-likeness (QED) is 0.0378. The van der Waals surface area contributed by atoms with Gasteiger partial charge in [0.25, 0.3) is 0 Å². The van der Waals surface area contributed by atoms with E-state index < -0.39 is 5.97 Å². The van der Waals surface area contributed by atoms with Gasteiger partial charge in [0.2, 0.25) is 5.91 Å². The Morgan fingerprint density at radius 3 is 1.40 bits per heavy atom. The first kappa shape index (κ1) is 47.9. The molecule has 0 aromatic heterocycles. The Bertz CT molecular complexity index is 823. The standard InChI is InChI=1S/C44H81NO5/c1-3-5-7-9-11-13-15-17-18-20-21-23-25-28-32-36-41(37-33-29-27-30-34-38-42(46)45-40-43(47)48)50-44(49)39-35-31-26-24-22-19-16-14-12-10-8-6-4-2/h15,17,20-21,41H,3-14,16,18-19,22-40H2,1-2H3,(H,45,46)(H,47,48)/b17-15-,21-20-. The number of rotatable bonds is 39. The summed E-state index contributed by atoms with van der Waals surface area (Å²) in [6.45, 7) is 4.22. The summed E-state index contributed by atoms with van der Waals surface area (Å²) in [5.41, 5.74) is 0. The molecule has 1 amide bonds. The SMILES string of the molecule is CCCCCCC/C=C\C/C=C\CCCCCC(CCCCCCCC(=O)NCC(=O)O)OC(=O)CCCCCCCCCCCCCCC. The molecule has 1 atom stereocenters. The zero-order valence-corrected chi connectivity index (χ0v) is 33.0. The highest BCUT2D eigenvalue weighted by molar-refractivity contribution is 5.80. The topological polar surface area (TPSA) is 92.7 Å². The third-order valence-corrected chi connectivity index (χ3v) is 9.63. The zero-order valence-electron chi connectivity index (χ0n) is 33.0. The van der Waals surface area contributed by atoms with Gasteiger partial charge in [0.15, 0.2) is 0 Å². The van der Waals surface area contributed by atoms with Crippen molar-refractivity contribution in [1.29, 1.82) is 0 Å². The van der Waals surface area contributed by atoms with Gasteiger partial charge in [0.05, 0.1) is 0 Å². The van der Waals surface area contributed by atoms with Crippen LogP contribution in [0.25, 0.3) is 0 Å². The summed E-state index contributed by atoms with van der Waals surface area (Å²) < 4.78 is 6.02. The van der Waals surface area contributed by atoms with E-state index in [1.54, 1.807) is 0 Å². The Kier molecular flexibility index (Phi) is 38.0. The summed E-state index contributed by atoms with van der Waals surface area (Å²) in [6, 6.07) is 0. The lowest BCUT2D eigenvalue weighted by Crippen LogP contribution is -2.28. The Balaban J connectivity index is 4.22. The van der Waals surface area contributed by atoms with Crippen molar-refractivity contribution in [2.75, 3.05) is 6.54 Å². The maximum Gasteiger partial charge on any atom is 0.322 e. The fraction of sp³-hybridized carbons (Fsp3) is 0.841. The number of carboxylic acids is 1. The van der Waals surface area contributed by atoms with Crippen LogP contribution in [-0.4, -0.2) is 35.6 Å². The number of carbonyl (C=O) groups is 3. The number of allylic oxidation sites excluding steroid dienone is 4. The Labute approximate surface area is 309 Å². The van der Waals surface area contributed by atoms with E-state index >= 15 is 0 Å². The second-order valence-electron chi connectivity index (χ2n) is 14.6. The van der Waals surface area contributed by atoms with Crippen molar-refractivity contribution in [3.63, 3.8) is 0 Å². The summed E-state index contributed by atoms with van der Waals surface area (Å²) in [7, 11) is 0. The molecule has 0 spiro atoms. The van der Waals surface area contributed by atoms with E-state index in [-0.39, 0.29) is 24.5 Å². The molecular weight excluding hydrogens is 622 g/mol.